The van der Waals surface area contributed by atoms with E-state index in [0.29, 0.717) is 0 Å². The molecule has 1 aliphatic rings. The molecule has 0 aromatic carbocycles. The van der Waals surface area contributed by atoms with Crippen molar-refractivity contribution in [2.24, 2.45) is 0 Å². The molecule has 2 N–H and O–H groups in total. The van der Waals surface area contributed by atoms with Gasteiger partial charge in [0.1, 0.15) is 0 Å². The zero-order chi connectivity index (χ0) is 10.2. The van der Waals surface area contributed by atoms with Gasteiger partial charge < -0.3 is 10.6 Å². The SMILES string of the molecule is CCCC[C@@H]1CN[C@@H](CCCC)CN1. The minimum absolute atomic E-state index is 0.729. The van der Waals surface area contributed by atoms with Gasteiger partial charge in [-0.25, -0.2) is 0 Å². The number of nitrogens with one attached hydrogen (secondary N) is 2. The van der Waals surface area contributed by atoms with Gasteiger partial charge in [-0.3, -0.25) is 0 Å². The molecule has 2 nitrogen and oxygen atoms in total. The molecule has 0 aromatic heterocycles. The van der Waals surface area contributed by atoms with Crippen molar-refractivity contribution in [1.29, 1.82) is 0 Å². The van der Waals surface area contributed by atoms with Crippen LogP contribution in [0.1, 0.15) is 52.4 Å². The third-order valence-corrected chi connectivity index (χ3v) is 3.12. The van der Waals surface area contributed by atoms with Crippen LogP contribution in [-0.2, 0) is 0 Å². The van der Waals surface area contributed by atoms with Gasteiger partial charge in [0.2, 0.25) is 0 Å². The fourth-order valence-electron chi connectivity index (χ4n) is 2.07. The van der Waals surface area contributed by atoms with E-state index in [4.69, 9.17) is 0 Å². The van der Waals surface area contributed by atoms with E-state index in [1.54, 1.807) is 0 Å². The molecule has 0 radical (unpaired) electrons. The van der Waals surface area contributed by atoms with Gasteiger partial charge in [-0.05, 0) is 12.8 Å². The molecule has 2 heteroatoms. The van der Waals surface area contributed by atoms with Gasteiger partial charge in [-0.2, -0.15) is 0 Å². The lowest BCUT2D eigenvalue weighted by Crippen LogP contribution is -2.54. The summed E-state index contributed by atoms with van der Waals surface area (Å²) in [6.07, 6.45) is 8.03. The minimum Gasteiger partial charge on any atom is -0.311 e. The van der Waals surface area contributed by atoms with Gasteiger partial charge >= 0.3 is 0 Å². The lowest BCUT2D eigenvalue weighted by atomic mass is 10.0. The van der Waals surface area contributed by atoms with Crippen molar-refractivity contribution in [2.45, 2.75) is 64.5 Å². The standard InChI is InChI=1S/C12H26N2/c1-3-5-7-11-9-14-12(10-13-11)8-6-4-2/h11-14H,3-10H2,1-2H3/t11-,12+. The Morgan fingerprint density at radius 3 is 1.57 bits per heavy atom. The zero-order valence-corrected chi connectivity index (χ0v) is 9.81. The third-order valence-electron chi connectivity index (χ3n) is 3.12. The smallest absolute Gasteiger partial charge is 0.0193 e. The fourth-order valence-corrected chi connectivity index (χ4v) is 2.07. The first kappa shape index (κ1) is 12.0. The van der Waals surface area contributed by atoms with Crippen molar-refractivity contribution in [3.8, 4) is 0 Å². The van der Waals surface area contributed by atoms with Crippen LogP contribution in [0, 0.1) is 0 Å². The molecule has 0 bridgehead atoms. The summed E-state index contributed by atoms with van der Waals surface area (Å²) in [7, 11) is 0. The molecule has 0 spiro atoms. The van der Waals surface area contributed by atoms with Gasteiger partial charge in [0.05, 0.1) is 0 Å². The first-order valence-corrected chi connectivity index (χ1v) is 6.33. The molecular formula is C12H26N2. The molecule has 1 heterocycles. The number of unbranched alkanes of at least 4 members (excludes halogenated alkanes) is 2. The Labute approximate surface area is 88.8 Å². The van der Waals surface area contributed by atoms with Gasteiger partial charge in [-0.15, -0.1) is 0 Å². The van der Waals surface area contributed by atoms with Crippen LogP contribution in [0.4, 0.5) is 0 Å². The molecule has 1 rings (SSSR count). The van der Waals surface area contributed by atoms with Crippen molar-refractivity contribution in [1.82, 2.24) is 10.6 Å². The molecule has 0 aromatic rings. The molecule has 0 amide bonds. The van der Waals surface area contributed by atoms with E-state index in [1.165, 1.54) is 51.6 Å². The predicted molar refractivity (Wildman–Crippen MR) is 62.6 cm³/mol. The summed E-state index contributed by atoms with van der Waals surface area (Å²) in [5.74, 6) is 0. The average Bonchev–Trinajstić information content (AvgIpc) is 2.25. The Morgan fingerprint density at radius 2 is 1.29 bits per heavy atom. The lowest BCUT2D eigenvalue weighted by Gasteiger charge is -2.31. The van der Waals surface area contributed by atoms with Crippen LogP contribution in [0.2, 0.25) is 0 Å². The molecule has 0 saturated carbocycles. The zero-order valence-electron chi connectivity index (χ0n) is 9.81. The summed E-state index contributed by atoms with van der Waals surface area (Å²) in [5.41, 5.74) is 0. The Balaban J connectivity index is 2.05. The maximum absolute atomic E-state index is 3.65. The second-order valence-electron chi connectivity index (χ2n) is 4.49. The normalized spacial score (nSPS) is 27.9. The number of hydrogen-bond donors (Lipinski definition) is 2. The molecule has 0 unspecified atom stereocenters. The third kappa shape index (κ3) is 4.43. The highest BCUT2D eigenvalue weighted by atomic mass is 15.1. The van der Waals surface area contributed by atoms with E-state index >= 15 is 0 Å². The minimum atomic E-state index is 0.729. The van der Waals surface area contributed by atoms with Crippen LogP contribution in [-0.4, -0.2) is 25.2 Å². The monoisotopic (exact) mass is 198 g/mol. The second kappa shape index (κ2) is 7.24. The second-order valence-corrected chi connectivity index (χ2v) is 4.49. The average molecular weight is 198 g/mol. The van der Waals surface area contributed by atoms with E-state index in [-0.39, 0.29) is 0 Å². The Hall–Kier alpha value is -0.0800. The quantitative estimate of drug-likeness (QED) is 0.684. The topological polar surface area (TPSA) is 24.1 Å². The van der Waals surface area contributed by atoms with Crippen LogP contribution in [0.15, 0.2) is 0 Å². The highest BCUT2D eigenvalue weighted by molar-refractivity contribution is 4.82. The number of hydrogen-bond acceptors (Lipinski definition) is 2. The van der Waals surface area contributed by atoms with Crippen LogP contribution in [0.3, 0.4) is 0 Å². The molecule has 0 aliphatic carbocycles. The number of piperazine rings is 1. The maximum atomic E-state index is 3.65. The highest BCUT2D eigenvalue weighted by Crippen LogP contribution is 2.07. The Kier molecular flexibility index (Phi) is 6.20. The summed E-state index contributed by atoms with van der Waals surface area (Å²) >= 11 is 0. The molecule has 1 saturated heterocycles. The summed E-state index contributed by atoms with van der Waals surface area (Å²) in [5, 5.41) is 7.30. The summed E-state index contributed by atoms with van der Waals surface area (Å²) < 4.78 is 0. The van der Waals surface area contributed by atoms with E-state index in [9.17, 15) is 0 Å². The summed E-state index contributed by atoms with van der Waals surface area (Å²) in [4.78, 5) is 0. The Morgan fingerprint density at radius 1 is 0.857 bits per heavy atom. The molecule has 1 fully saturated rings. The van der Waals surface area contributed by atoms with E-state index in [1.807, 2.05) is 0 Å². The van der Waals surface area contributed by atoms with Crippen molar-refractivity contribution < 1.29 is 0 Å². The Bertz CT molecular complexity index is 112. The van der Waals surface area contributed by atoms with Crippen molar-refractivity contribution in [3.63, 3.8) is 0 Å². The van der Waals surface area contributed by atoms with E-state index in [2.05, 4.69) is 24.5 Å². The van der Waals surface area contributed by atoms with Crippen LogP contribution in [0.25, 0.3) is 0 Å². The van der Waals surface area contributed by atoms with Gasteiger partial charge in [-0.1, -0.05) is 39.5 Å². The molecule has 14 heavy (non-hydrogen) atoms. The van der Waals surface area contributed by atoms with Gasteiger partial charge in [0.15, 0.2) is 0 Å². The summed E-state index contributed by atoms with van der Waals surface area (Å²) in [6.45, 7) is 6.88. The molecular weight excluding hydrogens is 172 g/mol. The number of rotatable bonds is 6. The van der Waals surface area contributed by atoms with E-state index < -0.39 is 0 Å². The maximum Gasteiger partial charge on any atom is 0.0193 e. The fraction of sp³-hybridized carbons (Fsp3) is 1.00. The summed E-state index contributed by atoms with van der Waals surface area (Å²) in [6, 6.07) is 1.46. The molecule has 1 aliphatic heterocycles. The highest BCUT2D eigenvalue weighted by Gasteiger charge is 2.18. The van der Waals surface area contributed by atoms with Crippen LogP contribution >= 0.6 is 0 Å². The lowest BCUT2D eigenvalue weighted by molar-refractivity contribution is 0.314. The van der Waals surface area contributed by atoms with Crippen molar-refractivity contribution in [2.75, 3.05) is 13.1 Å². The molecule has 2 atom stereocenters. The van der Waals surface area contributed by atoms with E-state index in [0.717, 1.165) is 12.1 Å². The van der Waals surface area contributed by atoms with Crippen molar-refractivity contribution in [3.05, 3.63) is 0 Å². The molecule has 84 valence electrons. The van der Waals surface area contributed by atoms with Gasteiger partial charge in [0.25, 0.3) is 0 Å². The van der Waals surface area contributed by atoms with Gasteiger partial charge in [0, 0.05) is 25.2 Å². The first-order chi connectivity index (χ1) is 6.86. The van der Waals surface area contributed by atoms with Crippen molar-refractivity contribution >= 4 is 0 Å². The largest absolute Gasteiger partial charge is 0.311 e. The predicted octanol–water partition coefficient (Wildman–Crippen LogP) is 2.30. The van der Waals surface area contributed by atoms with Crippen LogP contribution in [0.5, 0.6) is 0 Å². The van der Waals surface area contributed by atoms with Crippen LogP contribution < -0.4 is 10.6 Å². The first-order valence-electron chi connectivity index (χ1n) is 6.33.